The van der Waals surface area contributed by atoms with Crippen LogP contribution < -0.4 is 4.90 Å². The normalized spacial score (nSPS) is 11.7. The molecule has 60 heavy (non-hydrogen) atoms. The Labute approximate surface area is 346 Å². The van der Waals surface area contributed by atoms with E-state index in [1.807, 2.05) is 78.9 Å². The van der Waals surface area contributed by atoms with Crippen LogP contribution in [0.4, 0.5) is 17.3 Å². The van der Waals surface area contributed by atoms with E-state index in [0.29, 0.717) is 17.6 Å². The molecule has 0 N–H and O–H groups in total. The van der Waals surface area contributed by atoms with Crippen LogP contribution in [0.15, 0.2) is 212 Å². The Balaban J connectivity index is 1.02. The van der Waals surface area contributed by atoms with Crippen LogP contribution in [-0.2, 0) is 0 Å². The second-order valence-electron chi connectivity index (χ2n) is 15.2. The van der Waals surface area contributed by atoms with Crippen LogP contribution in [0.5, 0.6) is 0 Å². The van der Waals surface area contributed by atoms with Gasteiger partial charge in [-0.3, -0.25) is 4.90 Å². The lowest BCUT2D eigenvalue weighted by atomic mass is 9.89. The van der Waals surface area contributed by atoms with E-state index >= 15 is 0 Å². The maximum absolute atomic E-state index is 5.11. The predicted octanol–water partition coefficient (Wildman–Crippen LogP) is 14.3. The van der Waals surface area contributed by atoms with E-state index < -0.39 is 0 Å². The number of hydrogen-bond acceptors (Lipinski definition) is 4. The van der Waals surface area contributed by atoms with Crippen molar-refractivity contribution < 1.29 is 0 Å². The van der Waals surface area contributed by atoms with Gasteiger partial charge in [0, 0.05) is 44.3 Å². The quantitative estimate of drug-likeness (QED) is 0.152. The van der Waals surface area contributed by atoms with Crippen LogP contribution >= 0.6 is 0 Å². The Kier molecular flexibility index (Phi) is 7.78. The van der Waals surface area contributed by atoms with Crippen LogP contribution in [0, 0.1) is 0 Å². The molecule has 0 atom stereocenters. The number of rotatable bonds is 7. The van der Waals surface area contributed by atoms with Gasteiger partial charge in [-0.1, -0.05) is 164 Å². The van der Waals surface area contributed by atoms with E-state index in [9.17, 15) is 0 Å². The highest BCUT2D eigenvalue weighted by Crippen LogP contribution is 2.45. The third-order valence-corrected chi connectivity index (χ3v) is 11.8. The van der Waals surface area contributed by atoms with E-state index in [-0.39, 0.29) is 0 Å². The van der Waals surface area contributed by atoms with Crippen molar-refractivity contribution in [2.45, 2.75) is 0 Å². The van der Waals surface area contributed by atoms with Gasteiger partial charge in [0.05, 0.1) is 11.0 Å². The lowest BCUT2D eigenvalue weighted by molar-refractivity contribution is 1.02. The number of hydrogen-bond donors (Lipinski definition) is 0. The minimum Gasteiger partial charge on any atom is -0.309 e. The molecule has 2 heterocycles. The van der Waals surface area contributed by atoms with Crippen LogP contribution in [0.1, 0.15) is 0 Å². The molecule has 2 aromatic heterocycles. The summed E-state index contributed by atoms with van der Waals surface area (Å²) < 4.78 is 2.44. The van der Waals surface area contributed by atoms with Crippen molar-refractivity contribution in [2.24, 2.45) is 0 Å². The third kappa shape index (κ3) is 5.44. The molecule has 5 nitrogen and oxygen atoms in total. The molecule has 0 spiro atoms. The maximum Gasteiger partial charge on any atom is 0.238 e. The summed E-state index contributed by atoms with van der Waals surface area (Å²) in [5.74, 6) is 1.78. The first-order chi connectivity index (χ1) is 29.8. The smallest absolute Gasteiger partial charge is 0.238 e. The molecule has 12 aromatic rings. The van der Waals surface area contributed by atoms with Crippen molar-refractivity contribution in [1.29, 1.82) is 0 Å². The van der Waals surface area contributed by atoms with Gasteiger partial charge in [0.25, 0.3) is 0 Å². The monoisotopic (exact) mass is 765 g/mol. The Hall–Kier alpha value is -8.15. The van der Waals surface area contributed by atoms with Gasteiger partial charge in [0.2, 0.25) is 5.95 Å². The molecule has 0 bridgehead atoms. The molecule has 0 fully saturated rings. The average molecular weight is 766 g/mol. The first-order valence-electron chi connectivity index (χ1n) is 20.3. The summed E-state index contributed by atoms with van der Waals surface area (Å²) in [5.41, 5.74) is 9.70. The molecule has 5 heteroatoms. The Bertz CT molecular complexity index is 3450. The number of fused-ring (bicyclic) bond motifs is 4. The molecule has 10 aromatic carbocycles. The Morgan fingerprint density at radius 2 is 0.917 bits per heavy atom. The van der Waals surface area contributed by atoms with E-state index in [1.165, 1.54) is 59.7 Å². The number of nitrogens with zero attached hydrogens (tertiary/aromatic N) is 5. The molecular weight excluding hydrogens is 731 g/mol. The van der Waals surface area contributed by atoms with Crippen LogP contribution in [0.3, 0.4) is 0 Å². The molecule has 0 unspecified atom stereocenters. The number of aromatic nitrogens is 4. The molecule has 0 radical (unpaired) electrons. The van der Waals surface area contributed by atoms with Crippen LogP contribution in [-0.4, -0.2) is 19.5 Å². The SMILES string of the molecule is c1ccc(-c2nc(-c3ccccc3)nc(N(c3ccccc3)c3ccc(-c4ccc5ccc6c7c(ccc4c57)cc4c5ccccc5n(-c5ccccc5)c46)cc3)n2)cc1. The molecule has 0 aliphatic rings. The highest BCUT2D eigenvalue weighted by Gasteiger charge is 2.22. The first-order valence-corrected chi connectivity index (χ1v) is 20.3. The molecule has 0 aliphatic carbocycles. The molecule has 12 rings (SSSR count). The Morgan fingerprint density at radius 3 is 1.62 bits per heavy atom. The molecule has 280 valence electrons. The fourth-order valence-corrected chi connectivity index (χ4v) is 9.07. The highest BCUT2D eigenvalue weighted by molar-refractivity contribution is 6.32. The fourth-order valence-electron chi connectivity index (χ4n) is 9.07. The summed E-state index contributed by atoms with van der Waals surface area (Å²) in [6.07, 6.45) is 0. The minimum absolute atomic E-state index is 0.545. The van der Waals surface area contributed by atoms with Gasteiger partial charge in [0.15, 0.2) is 11.6 Å². The summed E-state index contributed by atoms with van der Waals surface area (Å²) in [4.78, 5) is 17.3. The van der Waals surface area contributed by atoms with E-state index in [0.717, 1.165) is 33.8 Å². The van der Waals surface area contributed by atoms with Gasteiger partial charge in [0.1, 0.15) is 0 Å². The minimum atomic E-state index is 0.545. The predicted molar refractivity (Wildman–Crippen MR) is 249 cm³/mol. The summed E-state index contributed by atoms with van der Waals surface area (Å²) in [5, 5.41) is 10.1. The zero-order chi connectivity index (χ0) is 39.6. The van der Waals surface area contributed by atoms with Crippen LogP contribution in [0.25, 0.3) is 93.7 Å². The third-order valence-electron chi connectivity index (χ3n) is 11.8. The molecular formula is C55H35N5. The van der Waals surface area contributed by atoms with Crippen molar-refractivity contribution in [3.05, 3.63) is 212 Å². The van der Waals surface area contributed by atoms with Gasteiger partial charge in [-0.25, -0.2) is 4.98 Å². The first kappa shape index (κ1) is 33.9. The summed E-state index contributed by atoms with van der Waals surface area (Å²) in [6, 6.07) is 75.0. The molecule has 0 amide bonds. The zero-order valence-electron chi connectivity index (χ0n) is 32.4. The maximum atomic E-state index is 5.11. The van der Waals surface area contributed by atoms with Gasteiger partial charge in [-0.2, -0.15) is 9.97 Å². The van der Waals surface area contributed by atoms with E-state index in [4.69, 9.17) is 15.0 Å². The molecule has 0 saturated heterocycles. The summed E-state index contributed by atoms with van der Waals surface area (Å²) in [7, 11) is 0. The fraction of sp³-hybridized carbons (Fsp3) is 0. The second-order valence-corrected chi connectivity index (χ2v) is 15.2. The standard InChI is InChI=1S/C55H35N5/c1-5-15-38(16-6-1)53-56-54(39-17-7-2-8-18-39)58-55(57-53)59(41-19-9-3-10-20-41)43-30-25-36(26-31-43)44-32-27-37-28-34-47-51-40(29-33-46(44)50(37)51)35-48-45-23-13-14-24-49(45)60(52(47)48)42-21-11-4-12-22-42/h1-35H. The lowest BCUT2D eigenvalue weighted by Gasteiger charge is -2.24. The number of para-hydroxylation sites is 3. The molecule has 0 aliphatic heterocycles. The van der Waals surface area contributed by atoms with Gasteiger partial charge in [-0.15, -0.1) is 0 Å². The highest BCUT2D eigenvalue weighted by atomic mass is 15.3. The van der Waals surface area contributed by atoms with Gasteiger partial charge in [-0.05, 0) is 86.6 Å². The summed E-state index contributed by atoms with van der Waals surface area (Å²) in [6.45, 7) is 0. The average Bonchev–Trinajstić information content (AvgIpc) is 3.66. The van der Waals surface area contributed by atoms with Crippen molar-refractivity contribution in [3.63, 3.8) is 0 Å². The number of benzene rings is 10. The van der Waals surface area contributed by atoms with Gasteiger partial charge < -0.3 is 4.57 Å². The van der Waals surface area contributed by atoms with Crippen molar-refractivity contribution in [1.82, 2.24) is 19.5 Å². The summed E-state index contributed by atoms with van der Waals surface area (Å²) >= 11 is 0. The van der Waals surface area contributed by atoms with Crippen molar-refractivity contribution >= 4 is 71.4 Å². The van der Waals surface area contributed by atoms with Crippen molar-refractivity contribution in [2.75, 3.05) is 4.90 Å². The number of anilines is 3. The topological polar surface area (TPSA) is 46.8 Å². The molecule has 0 saturated carbocycles. The largest absolute Gasteiger partial charge is 0.309 e. The lowest BCUT2D eigenvalue weighted by Crippen LogP contribution is -2.15. The van der Waals surface area contributed by atoms with Crippen molar-refractivity contribution in [3.8, 4) is 39.6 Å². The zero-order valence-corrected chi connectivity index (χ0v) is 32.4. The van der Waals surface area contributed by atoms with Gasteiger partial charge >= 0.3 is 0 Å². The second kappa shape index (κ2) is 13.8. The Morgan fingerprint density at radius 1 is 0.367 bits per heavy atom. The van der Waals surface area contributed by atoms with E-state index in [1.54, 1.807) is 0 Å². The van der Waals surface area contributed by atoms with E-state index in [2.05, 4.69) is 143 Å². The van der Waals surface area contributed by atoms with Crippen LogP contribution in [0.2, 0.25) is 0 Å².